The van der Waals surface area contributed by atoms with Gasteiger partial charge in [0, 0.05) is 23.1 Å². The third kappa shape index (κ3) is 5.37. The molecule has 0 fully saturated rings. The van der Waals surface area contributed by atoms with Crippen molar-refractivity contribution in [2.75, 3.05) is 18.4 Å². The van der Waals surface area contributed by atoms with Crippen molar-refractivity contribution < 1.29 is 17.6 Å². The number of hydrogen-bond donors (Lipinski definition) is 1. The Morgan fingerprint density at radius 2 is 1.78 bits per heavy atom. The van der Waals surface area contributed by atoms with Crippen molar-refractivity contribution in [3.8, 4) is 0 Å². The maximum Gasteiger partial charge on any atom is 0.255 e. The fraction of sp³-hybridized carbons (Fsp3) is 0.316. The third-order valence-corrected chi connectivity index (χ3v) is 6.25. The normalized spacial score (nSPS) is 11.6. The van der Waals surface area contributed by atoms with E-state index in [0.29, 0.717) is 30.4 Å². The summed E-state index contributed by atoms with van der Waals surface area (Å²) in [4.78, 5) is 12.5. The summed E-state index contributed by atoms with van der Waals surface area (Å²) in [6, 6.07) is 10.1. The van der Waals surface area contributed by atoms with Crippen LogP contribution in [0.5, 0.6) is 0 Å². The van der Waals surface area contributed by atoms with Crippen LogP contribution in [0.3, 0.4) is 0 Å². The first kappa shape index (κ1) is 21.5. The van der Waals surface area contributed by atoms with Crippen LogP contribution in [0.4, 0.5) is 10.1 Å². The van der Waals surface area contributed by atoms with Crippen molar-refractivity contribution >= 4 is 37.5 Å². The Balaban J connectivity index is 2.29. The van der Waals surface area contributed by atoms with Gasteiger partial charge < -0.3 is 5.32 Å². The molecule has 27 heavy (non-hydrogen) atoms. The van der Waals surface area contributed by atoms with Crippen molar-refractivity contribution in [2.45, 2.75) is 31.6 Å². The van der Waals surface area contributed by atoms with Crippen molar-refractivity contribution in [3.05, 3.63) is 58.3 Å². The Bertz CT molecular complexity index is 913. The molecule has 0 aliphatic carbocycles. The van der Waals surface area contributed by atoms with Gasteiger partial charge in [0.1, 0.15) is 5.82 Å². The molecule has 0 saturated heterocycles. The molecule has 0 aromatic heterocycles. The predicted octanol–water partition coefficient (Wildman–Crippen LogP) is 4.65. The second-order valence-electron chi connectivity index (χ2n) is 6.01. The van der Waals surface area contributed by atoms with Gasteiger partial charge in [-0.15, -0.1) is 0 Å². The van der Waals surface area contributed by atoms with E-state index in [4.69, 9.17) is 0 Å². The van der Waals surface area contributed by atoms with Crippen LogP contribution in [0.25, 0.3) is 0 Å². The largest absolute Gasteiger partial charge is 0.319 e. The van der Waals surface area contributed by atoms with Crippen LogP contribution < -0.4 is 5.32 Å². The molecule has 5 nitrogen and oxygen atoms in total. The topological polar surface area (TPSA) is 66.5 Å². The fourth-order valence-corrected chi connectivity index (χ4v) is 4.59. The Labute approximate surface area is 167 Å². The number of nitrogens with zero attached hydrogens (tertiary/aromatic N) is 1. The molecule has 2 aromatic rings. The van der Waals surface area contributed by atoms with Gasteiger partial charge in [-0.05, 0) is 49.2 Å². The zero-order chi connectivity index (χ0) is 20.0. The number of carbonyl (C=O) groups excluding carboxylic acids is 1. The van der Waals surface area contributed by atoms with Crippen LogP contribution in [-0.2, 0) is 10.0 Å². The average Bonchev–Trinajstić information content (AvgIpc) is 2.64. The molecule has 0 saturated carbocycles. The van der Waals surface area contributed by atoms with E-state index >= 15 is 0 Å². The van der Waals surface area contributed by atoms with Gasteiger partial charge in [-0.3, -0.25) is 4.79 Å². The molecule has 1 amide bonds. The van der Waals surface area contributed by atoms with E-state index in [9.17, 15) is 17.6 Å². The highest BCUT2D eigenvalue weighted by Gasteiger charge is 2.24. The molecule has 2 aromatic carbocycles. The van der Waals surface area contributed by atoms with Gasteiger partial charge >= 0.3 is 0 Å². The molecular formula is C19H22BrFN2O3S. The van der Waals surface area contributed by atoms with Gasteiger partial charge in [0.2, 0.25) is 10.0 Å². The molecule has 2 rings (SSSR count). The lowest BCUT2D eigenvalue weighted by Gasteiger charge is -2.21. The van der Waals surface area contributed by atoms with E-state index in [1.165, 1.54) is 40.7 Å². The van der Waals surface area contributed by atoms with Gasteiger partial charge in [0.05, 0.1) is 10.6 Å². The minimum absolute atomic E-state index is 0.0232. The van der Waals surface area contributed by atoms with E-state index in [-0.39, 0.29) is 16.1 Å². The van der Waals surface area contributed by atoms with Gasteiger partial charge in [0.15, 0.2) is 0 Å². The number of nitrogens with one attached hydrogen (secondary N) is 1. The number of hydrogen-bond acceptors (Lipinski definition) is 3. The Morgan fingerprint density at radius 3 is 2.37 bits per heavy atom. The number of carbonyl (C=O) groups is 1. The SMILES string of the molecule is CCCN(CCC)S(=O)(=O)c1cccc(C(=O)Nc2ccc(Br)cc2F)c1. The minimum Gasteiger partial charge on any atom is -0.319 e. The molecule has 146 valence electrons. The Hall–Kier alpha value is -1.77. The number of benzene rings is 2. The molecule has 0 bridgehead atoms. The van der Waals surface area contributed by atoms with Crippen molar-refractivity contribution in [2.24, 2.45) is 0 Å². The first-order valence-corrected chi connectivity index (χ1v) is 10.9. The van der Waals surface area contributed by atoms with Crippen LogP contribution in [-0.4, -0.2) is 31.7 Å². The van der Waals surface area contributed by atoms with Crippen LogP contribution in [0.1, 0.15) is 37.0 Å². The standard InChI is InChI=1S/C19H22BrFN2O3S/c1-3-10-23(11-4-2)27(25,26)16-7-5-6-14(12-16)19(24)22-18-9-8-15(20)13-17(18)21/h5-9,12-13H,3-4,10-11H2,1-2H3,(H,22,24). The molecule has 0 aliphatic rings. The molecule has 0 aliphatic heterocycles. The molecule has 8 heteroatoms. The quantitative estimate of drug-likeness (QED) is 0.628. The van der Waals surface area contributed by atoms with E-state index in [2.05, 4.69) is 21.2 Å². The molecule has 0 heterocycles. The summed E-state index contributed by atoms with van der Waals surface area (Å²) in [5, 5.41) is 2.47. The molecule has 0 unspecified atom stereocenters. The van der Waals surface area contributed by atoms with Crippen molar-refractivity contribution in [1.29, 1.82) is 0 Å². The van der Waals surface area contributed by atoms with Crippen LogP contribution in [0.15, 0.2) is 51.8 Å². The number of anilines is 1. The summed E-state index contributed by atoms with van der Waals surface area (Å²) in [7, 11) is -3.69. The number of rotatable bonds is 8. The number of halogens is 2. The van der Waals surface area contributed by atoms with Gasteiger partial charge in [-0.2, -0.15) is 4.31 Å². The summed E-state index contributed by atoms with van der Waals surface area (Å²) in [6.45, 7) is 4.65. The van der Waals surface area contributed by atoms with Gasteiger partial charge in [0.25, 0.3) is 5.91 Å². The second kappa shape index (κ2) is 9.43. The number of amides is 1. The summed E-state index contributed by atoms with van der Waals surface area (Å²) in [6.07, 6.45) is 1.39. The van der Waals surface area contributed by atoms with E-state index < -0.39 is 21.7 Å². The highest BCUT2D eigenvalue weighted by atomic mass is 79.9. The molecule has 0 radical (unpaired) electrons. The summed E-state index contributed by atoms with van der Waals surface area (Å²) in [5.74, 6) is -1.16. The minimum atomic E-state index is -3.69. The zero-order valence-electron chi connectivity index (χ0n) is 15.2. The second-order valence-corrected chi connectivity index (χ2v) is 8.86. The Kier molecular flexibility index (Phi) is 7.52. The van der Waals surface area contributed by atoms with Crippen LogP contribution >= 0.6 is 15.9 Å². The zero-order valence-corrected chi connectivity index (χ0v) is 17.6. The smallest absolute Gasteiger partial charge is 0.255 e. The third-order valence-electron chi connectivity index (χ3n) is 3.86. The fourth-order valence-electron chi connectivity index (χ4n) is 2.58. The summed E-state index contributed by atoms with van der Waals surface area (Å²) < 4.78 is 41.6. The maximum absolute atomic E-state index is 13.9. The van der Waals surface area contributed by atoms with E-state index in [1.54, 1.807) is 6.07 Å². The lowest BCUT2D eigenvalue weighted by Crippen LogP contribution is -2.32. The molecule has 0 atom stereocenters. The van der Waals surface area contributed by atoms with E-state index in [0.717, 1.165) is 0 Å². The Morgan fingerprint density at radius 1 is 1.11 bits per heavy atom. The lowest BCUT2D eigenvalue weighted by atomic mass is 10.2. The number of sulfonamides is 1. The first-order chi connectivity index (χ1) is 12.8. The summed E-state index contributed by atoms with van der Waals surface area (Å²) >= 11 is 3.15. The summed E-state index contributed by atoms with van der Waals surface area (Å²) in [5.41, 5.74) is 0.168. The highest BCUT2D eigenvalue weighted by molar-refractivity contribution is 9.10. The molecular weight excluding hydrogens is 435 g/mol. The van der Waals surface area contributed by atoms with Crippen LogP contribution in [0.2, 0.25) is 0 Å². The lowest BCUT2D eigenvalue weighted by molar-refractivity contribution is 0.102. The van der Waals surface area contributed by atoms with Crippen molar-refractivity contribution in [1.82, 2.24) is 4.31 Å². The average molecular weight is 457 g/mol. The highest BCUT2D eigenvalue weighted by Crippen LogP contribution is 2.22. The van der Waals surface area contributed by atoms with Gasteiger partial charge in [-0.1, -0.05) is 35.8 Å². The predicted molar refractivity (Wildman–Crippen MR) is 108 cm³/mol. The molecule has 0 spiro atoms. The monoisotopic (exact) mass is 456 g/mol. The maximum atomic E-state index is 13.9. The molecule has 1 N–H and O–H groups in total. The van der Waals surface area contributed by atoms with Crippen molar-refractivity contribution in [3.63, 3.8) is 0 Å². The van der Waals surface area contributed by atoms with E-state index in [1.807, 2.05) is 13.8 Å². The van der Waals surface area contributed by atoms with Crippen LogP contribution in [0, 0.1) is 5.82 Å². The first-order valence-electron chi connectivity index (χ1n) is 8.66. The van der Waals surface area contributed by atoms with Gasteiger partial charge in [-0.25, -0.2) is 12.8 Å².